The van der Waals surface area contributed by atoms with E-state index in [4.69, 9.17) is 4.74 Å². The van der Waals surface area contributed by atoms with E-state index in [1.807, 2.05) is 44.2 Å². The quantitative estimate of drug-likeness (QED) is 0.530. The SMILES string of the molecule is CC(C)c1[nH]n2c(=O)cc(-c3ccc(Oc4ccccc4)cc3)nc2c1C(=O)O. The molecule has 2 heterocycles. The van der Waals surface area contributed by atoms with Gasteiger partial charge in [-0.1, -0.05) is 32.0 Å². The summed E-state index contributed by atoms with van der Waals surface area (Å²) in [4.78, 5) is 28.8. The molecule has 0 aliphatic heterocycles. The van der Waals surface area contributed by atoms with Gasteiger partial charge in [0.15, 0.2) is 5.65 Å². The molecule has 0 saturated carbocycles. The average molecular weight is 389 g/mol. The second-order valence-electron chi connectivity index (χ2n) is 6.94. The minimum atomic E-state index is -1.12. The van der Waals surface area contributed by atoms with Crippen molar-refractivity contribution in [1.82, 2.24) is 14.6 Å². The largest absolute Gasteiger partial charge is 0.477 e. The van der Waals surface area contributed by atoms with E-state index < -0.39 is 5.97 Å². The minimum Gasteiger partial charge on any atom is -0.477 e. The number of aromatic amines is 1. The number of nitrogens with zero attached hydrogens (tertiary/aromatic N) is 2. The first kappa shape index (κ1) is 18.5. The highest BCUT2D eigenvalue weighted by Crippen LogP contribution is 2.26. The van der Waals surface area contributed by atoms with E-state index in [-0.39, 0.29) is 22.7 Å². The van der Waals surface area contributed by atoms with Crippen molar-refractivity contribution in [3.63, 3.8) is 0 Å². The number of aromatic nitrogens is 3. The van der Waals surface area contributed by atoms with Gasteiger partial charge in [-0.15, -0.1) is 0 Å². The van der Waals surface area contributed by atoms with E-state index in [1.165, 1.54) is 10.6 Å². The Bertz CT molecular complexity index is 1240. The maximum absolute atomic E-state index is 12.6. The average Bonchev–Trinajstić information content (AvgIpc) is 3.10. The maximum atomic E-state index is 12.6. The van der Waals surface area contributed by atoms with E-state index in [0.29, 0.717) is 22.7 Å². The van der Waals surface area contributed by atoms with Crippen LogP contribution in [0.4, 0.5) is 0 Å². The zero-order valence-corrected chi connectivity index (χ0v) is 15.9. The van der Waals surface area contributed by atoms with Crippen LogP contribution in [0.1, 0.15) is 35.8 Å². The zero-order valence-electron chi connectivity index (χ0n) is 15.9. The van der Waals surface area contributed by atoms with Gasteiger partial charge >= 0.3 is 5.97 Å². The Morgan fingerprint density at radius 2 is 1.72 bits per heavy atom. The molecule has 7 heteroatoms. The number of carbonyl (C=O) groups is 1. The van der Waals surface area contributed by atoms with Crippen molar-refractivity contribution in [2.45, 2.75) is 19.8 Å². The third-order valence-electron chi connectivity index (χ3n) is 4.56. The molecule has 29 heavy (non-hydrogen) atoms. The van der Waals surface area contributed by atoms with Gasteiger partial charge in [-0.25, -0.2) is 14.3 Å². The van der Waals surface area contributed by atoms with Crippen molar-refractivity contribution in [3.05, 3.63) is 82.3 Å². The third-order valence-corrected chi connectivity index (χ3v) is 4.56. The van der Waals surface area contributed by atoms with Crippen LogP contribution in [0.3, 0.4) is 0 Å². The molecule has 0 spiro atoms. The number of ether oxygens (including phenoxy) is 1. The Morgan fingerprint density at radius 3 is 2.34 bits per heavy atom. The Balaban J connectivity index is 1.75. The van der Waals surface area contributed by atoms with Gasteiger partial charge in [0.2, 0.25) is 0 Å². The number of benzene rings is 2. The first-order valence-electron chi connectivity index (χ1n) is 9.16. The lowest BCUT2D eigenvalue weighted by Gasteiger charge is -2.07. The first-order valence-corrected chi connectivity index (χ1v) is 9.16. The van der Waals surface area contributed by atoms with Gasteiger partial charge in [0.1, 0.15) is 17.1 Å². The summed E-state index contributed by atoms with van der Waals surface area (Å²) in [7, 11) is 0. The summed E-state index contributed by atoms with van der Waals surface area (Å²) in [6.45, 7) is 3.71. The lowest BCUT2D eigenvalue weighted by atomic mass is 10.1. The zero-order chi connectivity index (χ0) is 20.5. The summed E-state index contributed by atoms with van der Waals surface area (Å²) in [6, 6.07) is 17.9. The van der Waals surface area contributed by atoms with Crippen LogP contribution in [0, 0.1) is 0 Å². The summed E-state index contributed by atoms with van der Waals surface area (Å²) in [5.74, 6) is 0.147. The summed E-state index contributed by atoms with van der Waals surface area (Å²) in [6.07, 6.45) is 0. The fourth-order valence-corrected chi connectivity index (χ4v) is 3.15. The second-order valence-corrected chi connectivity index (χ2v) is 6.94. The molecule has 2 aromatic heterocycles. The number of carboxylic acid groups (broad SMARTS) is 1. The predicted molar refractivity (Wildman–Crippen MR) is 109 cm³/mol. The number of para-hydroxylation sites is 1. The highest BCUT2D eigenvalue weighted by Gasteiger charge is 2.23. The van der Waals surface area contributed by atoms with Crippen molar-refractivity contribution in [1.29, 1.82) is 0 Å². The number of rotatable bonds is 5. The monoisotopic (exact) mass is 389 g/mol. The van der Waals surface area contributed by atoms with Crippen molar-refractivity contribution in [2.75, 3.05) is 0 Å². The molecule has 0 fully saturated rings. The molecule has 0 bridgehead atoms. The van der Waals surface area contributed by atoms with E-state index in [1.54, 1.807) is 24.3 Å². The number of carboxylic acids is 1. The van der Waals surface area contributed by atoms with E-state index >= 15 is 0 Å². The van der Waals surface area contributed by atoms with Gasteiger partial charge < -0.3 is 9.84 Å². The number of fused-ring (bicyclic) bond motifs is 1. The number of H-pyrrole nitrogens is 1. The Kier molecular flexibility index (Phi) is 4.64. The molecule has 0 unspecified atom stereocenters. The summed E-state index contributed by atoms with van der Waals surface area (Å²) in [5.41, 5.74) is 1.30. The number of nitrogens with one attached hydrogen (secondary N) is 1. The summed E-state index contributed by atoms with van der Waals surface area (Å²) in [5, 5.41) is 12.5. The van der Waals surface area contributed by atoms with Gasteiger partial charge in [-0.2, -0.15) is 0 Å². The van der Waals surface area contributed by atoms with Crippen molar-refractivity contribution >= 4 is 11.6 Å². The Morgan fingerprint density at radius 1 is 1.07 bits per heavy atom. The lowest BCUT2D eigenvalue weighted by molar-refractivity contribution is 0.0697. The van der Waals surface area contributed by atoms with Crippen LogP contribution in [0.2, 0.25) is 0 Å². The lowest BCUT2D eigenvalue weighted by Crippen LogP contribution is -2.15. The molecule has 7 nitrogen and oxygen atoms in total. The van der Waals surface area contributed by atoms with Crippen molar-refractivity contribution in [3.8, 4) is 22.8 Å². The minimum absolute atomic E-state index is 0.0166. The van der Waals surface area contributed by atoms with Gasteiger partial charge in [0, 0.05) is 11.6 Å². The molecule has 0 atom stereocenters. The fraction of sp³-hybridized carbons (Fsp3) is 0.136. The Labute approximate surface area is 166 Å². The standard InChI is InChI=1S/C22H19N3O4/c1-13(2)20-19(22(27)28)21-23-17(12-18(26)25(21)24-20)14-8-10-16(11-9-14)29-15-6-4-3-5-7-15/h3-13,24H,1-2H3,(H,27,28). The highest BCUT2D eigenvalue weighted by molar-refractivity contribution is 5.96. The predicted octanol–water partition coefficient (Wildman–Crippen LogP) is 4.30. The number of hydrogen-bond donors (Lipinski definition) is 2. The molecule has 0 radical (unpaired) electrons. The highest BCUT2D eigenvalue weighted by atomic mass is 16.5. The molecule has 4 aromatic rings. The topological polar surface area (TPSA) is 96.7 Å². The van der Waals surface area contributed by atoms with Crippen molar-refractivity contribution < 1.29 is 14.6 Å². The van der Waals surface area contributed by atoms with Crippen LogP contribution in [0.5, 0.6) is 11.5 Å². The van der Waals surface area contributed by atoms with Crippen molar-refractivity contribution in [2.24, 2.45) is 0 Å². The third kappa shape index (κ3) is 3.50. The fourth-order valence-electron chi connectivity index (χ4n) is 3.15. The summed E-state index contributed by atoms with van der Waals surface area (Å²) >= 11 is 0. The van der Waals surface area contributed by atoms with Crippen LogP contribution < -0.4 is 10.3 Å². The molecule has 2 aromatic carbocycles. The molecule has 4 rings (SSSR count). The van der Waals surface area contributed by atoms with Crippen LogP contribution >= 0.6 is 0 Å². The van der Waals surface area contributed by atoms with Crippen LogP contribution in [-0.2, 0) is 0 Å². The Hall–Kier alpha value is -3.87. The van der Waals surface area contributed by atoms with Crippen LogP contribution in [0.25, 0.3) is 16.9 Å². The van der Waals surface area contributed by atoms with E-state index in [9.17, 15) is 14.7 Å². The molecular formula is C22H19N3O4. The van der Waals surface area contributed by atoms with Gasteiger partial charge in [-0.3, -0.25) is 9.89 Å². The molecule has 0 amide bonds. The van der Waals surface area contributed by atoms with E-state index in [0.717, 1.165) is 5.75 Å². The first-order chi connectivity index (χ1) is 13.9. The normalized spacial score (nSPS) is 11.1. The molecule has 0 saturated heterocycles. The maximum Gasteiger partial charge on any atom is 0.341 e. The number of hydrogen-bond acceptors (Lipinski definition) is 4. The molecule has 2 N–H and O–H groups in total. The molecule has 0 aliphatic rings. The van der Waals surface area contributed by atoms with Crippen LogP contribution in [0.15, 0.2) is 65.5 Å². The van der Waals surface area contributed by atoms with Gasteiger partial charge in [-0.05, 0) is 42.3 Å². The van der Waals surface area contributed by atoms with Crippen LogP contribution in [-0.4, -0.2) is 25.7 Å². The molecule has 0 aliphatic carbocycles. The number of aromatic carboxylic acids is 1. The van der Waals surface area contributed by atoms with Gasteiger partial charge in [0.25, 0.3) is 5.56 Å². The molecular weight excluding hydrogens is 370 g/mol. The smallest absolute Gasteiger partial charge is 0.341 e. The summed E-state index contributed by atoms with van der Waals surface area (Å²) < 4.78 is 6.95. The van der Waals surface area contributed by atoms with E-state index in [2.05, 4.69) is 10.1 Å². The van der Waals surface area contributed by atoms with Gasteiger partial charge in [0.05, 0.1) is 11.4 Å². The second kappa shape index (κ2) is 7.27. The molecule has 146 valence electrons.